The molecule has 2 rings (SSSR count). The van der Waals surface area contributed by atoms with Gasteiger partial charge in [-0.3, -0.25) is 4.79 Å². The van der Waals surface area contributed by atoms with Crippen molar-refractivity contribution in [3.8, 4) is 0 Å². The van der Waals surface area contributed by atoms with Crippen molar-refractivity contribution in [1.82, 2.24) is 0 Å². The van der Waals surface area contributed by atoms with Crippen molar-refractivity contribution in [2.75, 3.05) is 0 Å². The summed E-state index contributed by atoms with van der Waals surface area (Å²) in [7, 11) is -4.62. The van der Waals surface area contributed by atoms with Gasteiger partial charge >= 0.3 is 5.97 Å². The summed E-state index contributed by atoms with van der Waals surface area (Å²) in [4.78, 5) is 10.2. The van der Waals surface area contributed by atoms with E-state index in [1.807, 2.05) is 0 Å². The van der Waals surface area contributed by atoms with Crippen LogP contribution in [0.5, 0.6) is 0 Å². The first kappa shape index (κ1) is 13.9. The second-order valence-corrected chi connectivity index (χ2v) is 6.67. The molecule has 1 aromatic rings. The van der Waals surface area contributed by atoms with Crippen LogP contribution >= 0.6 is 0 Å². The van der Waals surface area contributed by atoms with Crippen LogP contribution in [0.4, 0.5) is 8.78 Å². The minimum atomic E-state index is -4.62. The molecule has 0 heterocycles. The molecular weight excluding hydrogens is 282 g/mol. The molecule has 19 heavy (non-hydrogen) atoms. The number of carboxylic acid groups (broad SMARTS) is 1. The summed E-state index contributed by atoms with van der Waals surface area (Å²) in [6.07, 6.45) is -2.16. The summed E-state index contributed by atoms with van der Waals surface area (Å²) in [6, 6.07) is 1.80. The summed E-state index contributed by atoms with van der Waals surface area (Å²) in [5.41, 5.74) is 0. The first-order valence-corrected chi connectivity index (χ1v) is 6.80. The van der Waals surface area contributed by atoms with E-state index in [4.69, 9.17) is 5.11 Å². The van der Waals surface area contributed by atoms with E-state index >= 15 is 0 Å². The minimum absolute atomic E-state index is 0.445. The Morgan fingerprint density at radius 2 is 1.89 bits per heavy atom. The molecule has 0 amide bonds. The molecule has 1 saturated carbocycles. The van der Waals surface area contributed by atoms with Crippen molar-refractivity contribution in [2.24, 2.45) is 0 Å². The number of sulfone groups is 1. The fourth-order valence-corrected chi connectivity index (χ4v) is 4.17. The zero-order valence-corrected chi connectivity index (χ0v) is 10.3. The van der Waals surface area contributed by atoms with Gasteiger partial charge in [0.15, 0.2) is 14.6 Å². The second-order valence-electron chi connectivity index (χ2n) is 4.44. The van der Waals surface area contributed by atoms with Gasteiger partial charge in [0.1, 0.15) is 16.5 Å². The normalized spacial score (nSPS) is 26.8. The van der Waals surface area contributed by atoms with Crippen LogP contribution in [0.1, 0.15) is 12.8 Å². The number of halogens is 2. The van der Waals surface area contributed by atoms with Crippen molar-refractivity contribution < 1.29 is 32.2 Å². The molecule has 0 atom stereocenters. The average molecular weight is 292 g/mol. The number of rotatable bonds is 3. The van der Waals surface area contributed by atoms with Gasteiger partial charge < -0.3 is 10.2 Å². The molecule has 0 aromatic heterocycles. The summed E-state index contributed by atoms with van der Waals surface area (Å²) >= 11 is 0. The van der Waals surface area contributed by atoms with Crippen molar-refractivity contribution in [2.45, 2.75) is 28.6 Å². The SMILES string of the molecule is O=C(O)C1(S(=O)(=O)c2cc(F)ccc2F)CC(O)C1. The molecule has 0 radical (unpaired) electrons. The highest BCUT2D eigenvalue weighted by atomic mass is 32.2. The zero-order valence-electron chi connectivity index (χ0n) is 9.51. The van der Waals surface area contributed by atoms with Gasteiger partial charge in [-0.25, -0.2) is 17.2 Å². The third-order valence-electron chi connectivity index (χ3n) is 3.22. The average Bonchev–Trinajstić information content (AvgIpc) is 2.27. The van der Waals surface area contributed by atoms with Crippen LogP contribution in [0, 0.1) is 11.6 Å². The molecule has 0 bridgehead atoms. The van der Waals surface area contributed by atoms with Gasteiger partial charge in [-0.05, 0) is 18.2 Å². The van der Waals surface area contributed by atoms with E-state index in [2.05, 4.69) is 0 Å². The lowest BCUT2D eigenvalue weighted by atomic mass is 9.81. The number of aliphatic carboxylic acids is 1. The number of hydrogen-bond acceptors (Lipinski definition) is 4. The van der Waals surface area contributed by atoms with Crippen molar-refractivity contribution in [3.05, 3.63) is 29.8 Å². The van der Waals surface area contributed by atoms with Gasteiger partial charge in [0.05, 0.1) is 6.10 Å². The Morgan fingerprint density at radius 3 is 2.37 bits per heavy atom. The molecule has 0 spiro atoms. The van der Waals surface area contributed by atoms with E-state index in [-0.39, 0.29) is 0 Å². The molecule has 1 aromatic carbocycles. The van der Waals surface area contributed by atoms with Crippen LogP contribution in [-0.4, -0.2) is 35.5 Å². The second kappa shape index (κ2) is 4.24. The van der Waals surface area contributed by atoms with E-state index in [9.17, 15) is 27.1 Å². The smallest absolute Gasteiger partial charge is 0.325 e. The third-order valence-corrected chi connectivity index (χ3v) is 5.65. The molecule has 0 unspecified atom stereocenters. The summed E-state index contributed by atoms with van der Waals surface area (Å²) in [5.74, 6) is -3.88. The maximum atomic E-state index is 13.5. The van der Waals surface area contributed by atoms with Crippen LogP contribution in [-0.2, 0) is 14.6 Å². The summed E-state index contributed by atoms with van der Waals surface area (Å²) < 4.78 is 48.7. The lowest BCUT2D eigenvalue weighted by Crippen LogP contribution is -2.58. The molecule has 104 valence electrons. The highest BCUT2D eigenvalue weighted by Gasteiger charge is 2.60. The van der Waals surface area contributed by atoms with Gasteiger partial charge in [-0.1, -0.05) is 0 Å². The molecule has 2 N–H and O–H groups in total. The number of aliphatic hydroxyl groups is 1. The molecular formula is C11H10F2O5S. The number of aliphatic hydroxyl groups excluding tert-OH is 1. The lowest BCUT2D eigenvalue weighted by Gasteiger charge is -2.40. The Balaban J connectivity index is 2.59. The van der Waals surface area contributed by atoms with Crippen molar-refractivity contribution in [1.29, 1.82) is 0 Å². The quantitative estimate of drug-likeness (QED) is 0.856. The molecule has 0 saturated heterocycles. The predicted octanol–water partition coefficient (Wildman–Crippen LogP) is 0.717. The minimum Gasteiger partial charge on any atom is -0.480 e. The Bertz CT molecular complexity index is 634. The summed E-state index contributed by atoms with van der Waals surface area (Å²) in [6.45, 7) is 0. The lowest BCUT2D eigenvalue weighted by molar-refractivity contribution is -0.146. The number of hydrogen-bond donors (Lipinski definition) is 2. The first-order valence-electron chi connectivity index (χ1n) is 5.32. The molecule has 0 aliphatic heterocycles. The largest absolute Gasteiger partial charge is 0.480 e. The predicted molar refractivity (Wildman–Crippen MR) is 59.2 cm³/mol. The van der Waals surface area contributed by atoms with E-state index in [1.54, 1.807) is 0 Å². The topological polar surface area (TPSA) is 91.7 Å². The van der Waals surface area contributed by atoms with Crippen LogP contribution in [0.15, 0.2) is 23.1 Å². The van der Waals surface area contributed by atoms with Crippen molar-refractivity contribution in [3.63, 3.8) is 0 Å². The van der Waals surface area contributed by atoms with Gasteiger partial charge in [0.25, 0.3) is 0 Å². The fourth-order valence-electron chi connectivity index (χ4n) is 2.10. The number of carboxylic acids is 1. The Kier molecular flexibility index (Phi) is 3.10. The van der Waals surface area contributed by atoms with Gasteiger partial charge in [-0.2, -0.15) is 0 Å². The standard InChI is InChI=1S/C11H10F2O5S/c12-6-1-2-8(13)9(3-6)19(17,18)11(10(15)16)4-7(14)5-11/h1-3,7,14H,4-5H2,(H,15,16). The van der Waals surface area contributed by atoms with Crippen LogP contribution in [0.25, 0.3) is 0 Å². The van der Waals surface area contributed by atoms with Crippen molar-refractivity contribution >= 4 is 15.8 Å². The highest BCUT2D eigenvalue weighted by Crippen LogP contribution is 2.43. The zero-order chi connectivity index (χ0) is 14.4. The van der Waals surface area contributed by atoms with Gasteiger partial charge in [-0.15, -0.1) is 0 Å². The molecule has 1 aliphatic carbocycles. The number of benzene rings is 1. The van der Waals surface area contributed by atoms with Gasteiger partial charge in [0.2, 0.25) is 0 Å². The van der Waals surface area contributed by atoms with Crippen LogP contribution in [0.2, 0.25) is 0 Å². The molecule has 1 fully saturated rings. The van der Waals surface area contributed by atoms with E-state index in [0.29, 0.717) is 12.1 Å². The third kappa shape index (κ3) is 1.91. The van der Waals surface area contributed by atoms with Gasteiger partial charge in [0, 0.05) is 12.8 Å². The van der Waals surface area contributed by atoms with Crippen LogP contribution < -0.4 is 0 Å². The maximum absolute atomic E-state index is 13.5. The Morgan fingerprint density at radius 1 is 1.32 bits per heavy atom. The molecule has 1 aliphatic rings. The van der Waals surface area contributed by atoms with Crippen LogP contribution in [0.3, 0.4) is 0 Å². The highest BCUT2D eigenvalue weighted by molar-refractivity contribution is 7.93. The Hall–Kier alpha value is -1.54. The maximum Gasteiger partial charge on any atom is 0.325 e. The van der Waals surface area contributed by atoms with E-state index in [1.165, 1.54) is 0 Å². The fraction of sp³-hybridized carbons (Fsp3) is 0.364. The molecule has 8 heteroatoms. The first-order chi connectivity index (χ1) is 8.70. The summed E-state index contributed by atoms with van der Waals surface area (Å²) in [5, 5.41) is 18.2. The number of carbonyl (C=O) groups is 1. The Labute approximate surface area is 107 Å². The molecule has 5 nitrogen and oxygen atoms in total. The van der Waals surface area contributed by atoms with E-state index in [0.717, 1.165) is 6.07 Å². The van der Waals surface area contributed by atoms with E-state index < -0.39 is 56.0 Å². The monoisotopic (exact) mass is 292 g/mol.